The Bertz CT molecular complexity index is 611. The lowest BCUT2D eigenvalue weighted by atomic mass is 9.95. The molecule has 0 saturated carbocycles. The smallest absolute Gasteiger partial charge is 0.227 e. The summed E-state index contributed by atoms with van der Waals surface area (Å²) in [5.41, 5.74) is 3.04. The van der Waals surface area contributed by atoms with Gasteiger partial charge in [-0.2, -0.15) is 0 Å². The Kier molecular flexibility index (Phi) is 5.35. The topological polar surface area (TPSA) is 55.7 Å². The summed E-state index contributed by atoms with van der Waals surface area (Å²) in [5.74, 6) is 0.147. The zero-order valence-electron chi connectivity index (χ0n) is 13.4. The molecule has 1 atom stereocenters. The third-order valence-corrected chi connectivity index (χ3v) is 5.38. The number of carbonyl (C=O) groups is 1. The van der Waals surface area contributed by atoms with Crippen molar-refractivity contribution < 1.29 is 9.35 Å². The van der Waals surface area contributed by atoms with Gasteiger partial charge >= 0.3 is 0 Å². The summed E-state index contributed by atoms with van der Waals surface area (Å²) in [5, 5.41) is 0. The lowest BCUT2D eigenvalue weighted by molar-refractivity contribution is -0.131. The predicted octanol–water partition coefficient (Wildman–Crippen LogP) is 3.23. The zero-order chi connectivity index (χ0) is 16.5. The second kappa shape index (κ2) is 6.72. The van der Waals surface area contributed by atoms with E-state index in [1.165, 1.54) is 0 Å². The Hall–Kier alpha value is -0.850. The van der Waals surface area contributed by atoms with Gasteiger partial charge in [0.2, 0.25) is 5.91 Å². The van der Waals surface area contributed by atoms with Gasteiger partial charge in [-0.15, -0.1) is 0 Å². The molecule has 1 amide bonds. The van der Waals surface area contributed by atoms with Crippen molar-refractivity contribution in [2.45, 2.75) is 45.4 Å². The SMILES string of the molecule is CCN1Cc2c(C=N[S@@+]([O-])C(C)(C)C)cc(Br)cc2CC1=O. The van der Waals surface area contributed by atoms with Crippen molar-refractivity contribution in [1.82, 2.24) is 4.90 Å². The lowest BCUT2D eigenvalue weighted by Crippen LogP contribution is -2.36. The molecule has 1 aliphatic rings. The van der Waals surface area contributed by atoms with Crippen molar-refractivity contribution in [2.75, 3.05) is 6.54 Å². The van der Waals surface area contributed by atoms with Gasteiger partial charge in [0.05, 0.1) is 12.6 Å². The van der Waals surface area contributed by atoms with Crippen LogP contribution in [0.5, 0.6) is 0 Å². The van der Waals surface area contributed by atoms with Gasteiger partial charge in [0.1, 0.15) is 16.1 Å². The molecule has 0 spiro atoms. The maximum Gasteiger partial charge on any atom is 0.227 e. The maximum atomic E-state index is 12.1. The molecule has 0 radical (unpaired) electrons. The minimum absolute atomic E-state index is 0.147. The molecule has 0 aliphatic carbocycles. The van der Waals surface area contributed by atoms with Gasteiger partial charge in [-0.05, 0) is 51.0 Å². The highest BCUT2D eigenvalue weighted by Gasteiger charge is 2.27. The first-order valence-electron chi connectivity index (χ1n) is 7.27. The number of hydrogen-bond acceptors (Lipinski definition) is 3. The van der Waals surface area contributed by atoms with Crippen molar-refractivity contribution in [3.8, 4) is 0 Å². The number of likely N-dealkylation sites (N-methyl/N-ethyl adjacent to an activating group) is 1. The van der Waals surface area contributed by atoms with E-state index >= 15 is 0 Å². The number of benzene rings is 1. The molecule has 1 aromatic carbocycles. The fraction of sp³-hybridized carbons (Fsp3) is 0.500. The van der Waals surface area contributed by atoms with Crippen LogP contribution in [0.4, 0.5) is 0 Å². The van der Waals surface area contributed by atoms with Gasteiger partial charge in [0.15, 0.2) is 0 Å². The minimum atomic E-state index is -1.29. The molecule has 2 rings (SSSR count). The van der Waals surface area contributed by atoms with E-state index in [0.717, 1.165) is 21.2 Å². The monoisotopic (exact) mass is 384 g/mol. The van der Waals surface area contributed by atoms with Crippen LogP contribution in [-0.2, 0) is 29.1 Å². The average Bonchev–Trinajstić information content (AvgIpc) is 2.42. The molecule has 1 aliphatic heterocycles. The van der Waals surface area contributed by atoms with E-state index in [0.29, 0.717) is 19.5 Å². The molecule has 0 saturated heterocycles. The highest BCUT2D eigenvalue weighted by atomic mass is 79.9. The standard InChI is InChI=1S/C16H21BrN2O2S/c1-5-19-10-14-11(8-15(19)20)6-13(17)7-12(14)9-18-22(21)16(2,3)4/h6-7,9H,5,8,10H2,1-4H3/t22-/m0/s1. The van der Waals surface area contributed by atoms with E-state index in [1.807, 2.05) is 44.7 Å². The fourth-order valence-corrected chi connectivity index (χ4v) is 3.34. The molecule has 6 heteroatoms. The third-order valence-electron chi connectivity index (χ3n) is 3.58. The van der Waals surface area contributed by atoms with E-state index in [-0.39, 0.29) is 10.7 Å². The van der Waals surface area contributed by atoms with Crippen molar-refractivity contribution in [3.05, 3.63) is 33.3 Å². The van der Waals surface area contributed by atoms with Crippen LogP contribution in [0.15, 0.2) is 21.0 Å². The van der Waals surface area contributed by atoms with Crippen LogP contribution in [0.1, 0.15) is 44.4 Å². The van der Waals surface area contributed by atoms with Crippen LogP contribution in [0.25, 0.3) is 0 Å². The number of hydrogen-bond donors (Lipinski definition) is 0. The molecular weight excluding hydrogens is 364 g/mol. The molecule has 120 valence electrons. The van der Waals surface area contributed by atoms with Gasteiger partial charge in [-0.1, -0.05) is 20.3 Å². The van der Waals surface area contributed by atoms with Crippen LogP contribution >= 0.6 is 15.9 Å². The Labute approximate surface area is 143 Å². The number of amides is 1. The van der Waals surface area contributed by atoms with Gasteiger partial charge in [0.25, 0.3) is 0 Å². The summed E-state index contributed by atoms with van der Waals surface area (Å²) in [7, 11) is 0. The molecular formula is C16H21BrN2O2S. The molecule has 0 N–H and O–H groups in total. The number of carbonyl (C=O) groups excluding carboxylic acids is 1. The molecule has 22 heavy (non-hydrogen) atoms. The molecule has 1 aromatic rings. The highest BCUT2D eigenvalue weighted by molar-refractivity contribution is 9.10. The quantitative estimate of drug-likeness (QED) is 0.593. The van der Waals surface area contributed by atoms with E-state index < -0.39 is 11.4 Å². The number of rotatable bonds is 3. The zero-order valence-corrected chi connectivity index (χ0v) is 15.8. The maximum absolute atomic E-state index is 12.1. The first kappa shape index (κ1) is 17.5. The van der Waals surface area contributed by atoms with Crippen molar-refractivity contribution >= 4 is 39.4 Å². The summed E-state index contributed by atoms with van der Waals surface area (Å²) < 4.78 is 16.8. The molecule has 0 bridgehead atoms. The van der Waals surface area contributed by atoms with E-state index in [1.54, 1.807) is 6.21 Å². The summed E-state index contributed by atoms with van der Waals surface area (Å²) >= 11 is 2.19. The van der Waals surface area contributed by atoms with Crippen LogP contribution in [0, 0.1) is 0 Å². The Morgan fingerprint density at radius 3 is 2.73 bits per heavy atom. The van der Waals surface area contributed by atoms with Crippen LogP contribution in [-0.4, -0.2) is 32.9 Å². The molecule has 0 unspecified atom stereocenters. The second-order valence-corrected chi connectivity index (χ2v) is 9.16. The Morgan fingerprint density at radius 2 is 2.14 bits per heavy atom. The van der Waals surface area contributed by atoms with Crippen LogP contribution in [0.2, 0.25) is 0 Å². The molecule has 0 aromatic heterocycles. The van der Waals surface area contributed by atoms with Gasteiger partial charge in [-0.25, -0.2) is 0 Å². The largest absolute Gasteiger partial charge is 0.591 e. The van der Waals surface area contributed by atoms with E-state index in [4.69, 9.17) is 0 Å². The normalized spacial score (nSPS) is 17.0. The Morgan fingerprint density at radius 1 is 1.45 bits per heavy atom. The molecule has 4 nitrogen and oxygen atoms in total. The van der Waals surface area contributed by atoms with Crippen molar-refractivity contribution in [1.29, 1.82) is 0 Å². The van der Waals surface area contributed by atoms with Gasteiger partial charge in [-0.3, -0.25) is 4.79 Å². The third kappa shape index (κ3) is 3.91. The first-order chi connectivity index (χ1) is 10.2. The fourth-order valence-electron chi connectivity index (χ4n) is 2.29. The average molecular weight is 385 g/mol. The number of nitrogens with zero attached hydrogens (tertiary/aromatic N) is 2. The number of halogens is 1. The summed E-state index contributed by atoms with van der Waals surface area (Å²) in [4.78, 5) is 13.9. The van der Waals surface area contributed by atoms with Crippen LogP contribution < -0.4 is 0 Å². The minimum Gasteiger partial charge on any atom is -0.591 e. The predicted molar refractivity (Wildman–Crippen MR) is 94.4 cm³/mol. The van der Waals surface area contributed by atoms with Gasteiger partial charge < -0.3 is 9.45 Å². The van der Waals surface area contributed by atoms with E-state index in [9.17, 15) is 9.35 Å². The summed E-state index contributed by atoms with van der Waals surface area (Å²) in [6, 6.07) is 3.95. The lowest BCUT2D eigenvalue weighted by Gasteiger charge is -2.29. The summed E-state index contributed by atoms with van der Waals surface area (Å²) in [6.07, 6.45) is 2.08. The molecule has 1 heterocycles. The van der Waals surface area contributed by atoms with Crippen molar-refractivity contribution in [3.63, 3.8) is 0 Å². The Balaban J connectivity index is 2.37. The van der Waals surface area contributed by atoms with Crippen molar-refractivity contribution in [2.24, 2.45) is 4.40 Å². The summed E-state index contributed by atoms with van der Waals surface area (Å²) in [6.45, 7) is 8.95. The highest BCUT2D eigenvalue weighted by Crippen LogP contribution is 2.27. The van der Waals surface area contributed by atoms with E-state index in [2.05, 4.69) is 20.3 Å². The van der Waals surface area contributed by atoms with Crippen LogP contribution in [0.3, 0.4) is 0 Å². The van der Waals surface area contributed by atoms with Gasteiger partial charge in [0, 0.05) is 23.1 Å². The second-order valence-electron chi connectivity index (χ2n) is 6.31. The number of fused-ring (bicyclic) bond motifs is 1. The molecule has 0 fully saturated rings. The first-order valence-corrected chi connectivity index (χ1v) is 9.17.